The number of rotatable bonds is 7. The Bertz CT molecular complexity index is 483. The fourth-order valence-electron chi connectivity index (χ4n) is 2.00. The van der Waals surface area contributed by atoms with Gasteiger partial charge in [0.1, 0.15) is 4.99 Å². The predicted molar refractivity (Wildman–Crippen MR) is 91.6 cm³/mol. The van der Waals surface area contributed by atoms with E-state index in [1.165, 1.54) is 0 Å². The highest BCUT2D eigenvalue weighted by molar-refractivity contribution is 7.80. The van der Waals surface area contributed by atoms with E-state index in [1.54, 1.807) is 24.3 Å². The largest absolute Gasteiger partial charge is 0.389 e. The zero-order valence-electron chi connectivity index (χ0n) is 13.3. The molecule has 0 aliphatic carbocycles. The lowest BCUT2D eigenvalue weighted by molar-refractivity contribution is 0.0724. The molecule has 4 nitrogen and oxygen atoms in total. The zero-order valence-corrected chi connectivity index (χ0v) is 14.1. The Labute approximate surface area is 132 Å². The summed E-state index contributed by atoms with van der Waals surface area (Å²) in [5, 5.41) is 0. The first-order valence-corrected chi connectivity index (χ1v) is 7.56. The maximum atomic E-state index is 12.6. The summed E-state index contributed by atoms with van der Waals surface area (Å²) >= 11 is 4.93. The first kappa shape index (κ1) is 17.6. The van der Waals surface area contributed by atoms with E-state index >= 15 is 0 Å². The number of nitrogens with zero attached hydrogens (tertiary/aromatic N) is 2. The van der Waals surface area contributed by atoms with Crippen LogP contribution in [0.3, 0.4) is 0 Å². The van der Waals surface area contributed by atoms with Gasteiger partial charge in [-0.2, -0.15) is 0 Å². The van der Waals surface area contributed by atoms with Crippen molar-refractivity contribution < 1.29 is 4.79 Å². The molecule has 0 heterocycles. The van der Waals surface area contributed by atoms with Gasteiger partial charge in [0.15, 0.2) is 0 Å². The van der Waals surface area contributed by atoms with Crippen LogP contribution >= 0.6 is 12.2 Å². The molecule has 0 saturated heterocycles. The van der Waals surface area contributed by atoms with E-state index in [2.05, 4.69) is 18.7 Å². The van der Waals surface area contributed by atoms with E-state index in [0.29, 0.717) is 16.5 Å². The van der Waals surface area contributed by atoms with Gasteiger partial charge in [-0.25, -0.2) is 0 Å². The van der Waals surface area contributed by atoms with Crippen LogP contribution in [-0.4, -0.2) is 54.4 Å². The maximum absolute atomic E-state index is 12.6. The van der Waals surface area contributed by atoms with E-state index in [4.69, 9.17) is 18.0 Å². The second-order valence-corrected chi connectivity index (χ2v) is 6.33. The van der Waals surface area contributed by atoms with Crippen molar-refractivity contribution in [1.29, 1.82) is 0 Å². The number of carbonyl (C=O) groups excluding carboxylic acids is 1. The Morgan fingerprint density at radius 2 is 1.67 bits per heavy atom. The van der Waals surface area contributed by atoms with E-state index in [0.717, 1.165) is 25.2 Å². The first-order valence-electron chi connectivity index (χ1n) is 7.15. The van der Waals surface area contributed by atoms with Crippen LogP contribution in [-0.2, 0) is 0 Å². The van der Waals surface area contributed by atoms with Crippen molar-refractivity contribution in [1.82, 2.24) is 9.80 Å². The summed E-state index contributed by atoms with van der Waals surface area (Å²) in [5.41, 5.74) is 7.04. The molecule has 0 atom stereocenters. The molecule has 0 aliphatic heterocycles. The van der Waals surface area contributed by atoms with Gasteiger partial charge in [0.2, 0.25) is 0 Å². The molecular formula is C16H25N3OS. The van der Waals surface area contributed by atoms with Gasteiger partial charge in [0.05, 0.1) is 0 Å². The molecule has 116 valence electrons. The molecule has 1 aromatic rings. The van der Waals surface area contributed by atoms with Crippen LogP contribution in [0.25, 0.3) is 0 Å². The third-order valence-electron chi connectivity index (χ3n) is 3.11. The monoisotopic (exact) mass is 307 g/mol. The highest BCUT2D eigenvalue weighted by Gasteiger charge is 2.17. The Morgan fingerprint density at radius 3 is 2.10 bits per heavy atom. The summed E-state index contributed by atoms with van der Waals surface area (Å²) in [6.07, 6.45) is 0. The minimum Gasteiger partial charge on any atom is -0.389 e. The fraction of sp³-hybridized carbons (Fsp3) is 0.500. The lowest BCUT2D eigenvalue weighted by Crippen LogP contribution is -2.39. The average Bonchev–Trinajstić information content (AvgIpc) is 2.42. The molecule has 0 bridgehead atoms. The smallest absolute Gasteiger partial charge is 0.253 e. The minimum atomic E-state index is 0.0556. The van der Waals surface area contributed by atoms with Crippen molar-refractivity contribution in [2.75, 3.05) is 33.7 Å². The second kappa shape index (κ2) is 8.10. The molecule has 21 heavy (non-hydrogen) atoms. The van der Waals surface area contributed by atoms with Crippen molar-refractivity contribution in [3.63, 3.8) is 0 Å². The minimum absolute atomic E-state index is 0.0556. The van der Waals surface area contributed by atoms with Gasteiger partial charge >= 0.3 is 0 Å². The number of carbonyl (C=O) groups is 1. The quantitative estimate of drug-likeness (QED) is 0.783. The molecule has 0 fully saturated rings. The predicted octanol–water partition coefficient (Wildman–Crippen LogP) is 1.98. The van der Waals surface area contributed by atoms with Gasteiger partial charge in [-0.05, 0) is 32.1 Å². The average molecular weight is 307 g/mol. The van der Waals surface area contributed by atoms with Gasteiger partial charge < -0.3 is 15.5 Å². The Balaban J connectivity index is 2.85. The lowest BCUT2D eigenvalue weighted by Gasteiger charge is -2.26. The molecule has 0 aromatic heterocycles. The number of thiocarbonyl (C=S) groups is 1. The van der Waals surface area contributed by atoms with Crippen LogP contribution in [0.15, 0.2) is 24.3 Å². The Morgan fingerprint density at radius 1 is 1.14 bits per heavy atom. The van der Waals surface area contributed by atoms with Gasteiger partial charge in [-0.3, -0.25) is 4.79 Å². The molecule has 0 spiro atoms. The number of benzene rings is 1. The SMILES string of the molecule is CC(C)CN(CCN(C)C)C(=O)c1ccc(C(N)=S)cc1. The molecule has 0 radical (unpaired) electrons. The van der Waals surface area contributed by atoms with Crippen molar-refractivity contribution in [2.24, 2.45) is 11.7 Å². The number of amides is 1. The summed E-state index contributed by atoms with van der Waals surface area (Å²) in [7, 11) is 4.02. The maximum Gasteiger partial charge on any atom is 0.253 e. The van der Waals surface area contributed by atoms with Crippen molar-refractivity contribution in [3.05, 3.63) is 35.4 Å². The topological polar surface area (TPSA) is 49.6 Å². The summed E-state index contributed by atoms with van der Waals surface area (Å²) in [6, 6.07) is 7.18. The summed E-state index contributed by atoms with van der Waals surface area (Å²) in [5.74, 6) is 0.493. The fourth-order valence-corrected chi connectivity index (χ4v) is 2.13. The zero-order chi connectivity index (χ0) is 16.0. The van der Waals surface area contributed by atoms with Crippen LogP contribution in [0.4, 0.5) is 0 Å². The molecular weight excluding hydrogens is 282 g/mol. The molecule has 0 aliphatic rings. The highest BCUT2D eigenvalue weighted by Crippen LogP contribution is 2.10. The Hall–Kier alpha value is -1.46. The molecule has 1 aromatic carbocycles. The highest BCUT2D eigenvalue weighted by atomic mass is 32.1. The van der Waals surface area contributed by atoms with Crippen LogP contribution in [0, 0.1) is 5.92 Å². The standard InChI is InChI=1S/C16H25N3OS/c1-12(2)11-19(10-9-18(3)4)16(20)14-7-5-13(6-8-14)15(17)21/h5-8,12H,9-11H2,1-4H3,(H2,17,21). The molecule has 0 saturated carbocycles. The third kappa shape index (κ3) is 5.81. The van der Waals surface area contributed by atoms with E-state index < -0.39 is 0 Å². The van der Waals surface area contributed by atoms with Gasteiger partial charge in [-0.15, -0.1) is 0 Å². The third-order valence-corrected chi connectivity index (χ3v) is 3.34. The molecule has 2 N–H and O–H groups in total. The van der Waals surface area contributed by atoms with Crippen LogP contribution < -0.4 is 5.73 Å². The van der Waals surface area contributed by atoms with Crippen molar-refractivity contribution in [3.8, 4) is 0 Å². The van der Waals surface area contributed by atoms with Crippen molar-refractivity contribution in [2.45, 2.75) is 13.8 Å². The number of likely N-dealkylation sites (N-methyl/N-ethyl adjacent to an activating group) is 1. The van der Waals surface area contributed by atoms with E-state index in [-0.39, 0.29) is 5.91 Å². The number of hydrogen-bond donors (Lipinski definition) is 1. The van der Waals surface area contributed by atoms with Crippen LogP contribution in [0.1, 0.15) is 29.8 Å². The van der Waals surface area contributed by atoms with Gasteiger partial charge in [0.25, 0.3) is 5.91 Å². The number of hydrogen-bond acceptors (Lipinski definition) is 3. The molecule has 1 amide bonds. The molecule has 1 rings (SSSR count). The second-order valence-electron chi connectivity index (χ2n) is 5.89. The lowest BCUT2D eigenvalue weighted by atomic mass is 10.1. The van der Waals surface area contributed by atoms with Crippen LogP contribution in [0.2, 0.25) is 0 Å². The Kier molecular flexibility index (Phi) is 6.78. The van der Waals surface area contributed by atoms with Gasteiger partial charge in [-0.1, -0.05) is 38.2 Å². The van der Waals surface area contributed by atoms with Crippen molar-refractivity contribution >= 4 is 23.1 Å². The van der Waals surface area contributed by atoms with E-state index in [9.17, 15) is 4.79 Å². The number of nitrogens with two attached hydrogens (primary N) is 1. The molecule has 0 unspecified atom stereocenters. The summed E-state index contributed by atoms with van der Waals surface area (Å²) < 4.78 is 0. The summed E-state index contributed by atoms with van der Waals surface area (Å²) in [6.45, 7) is 6.56. The first-order chi connectivity index (χ1) is 9.81. The van der Waals surface area contributed by atoms with Crippen LogP contribution in [0.5, 0.6) is 0 Å². The van der Waals surface area contributed by atoms with Gasteiger partial charge in [0, 0.05) is 30.8 Å². The normalized spacial score (nSPS) is 11.0. The molecule has 5 heteroatoms. The van der Waals surface area contributed by atoms with E-state index in [1.807, 2.05) is 19.0 Å². The summed E-state index contributed by atoms with van der Waals surface area (Å²) in [4.78, 5) is 16.9.